The summed E-state index contributed by atoms with van der Waals surface area (Å²) in [5.41, 5.74) is 0.889. The second kappa shape index (κ2) is 7.53. The molecule has 1 unspecified atom stereocenters. The number of hydrogen-bond acceptors (Lipinski definition) is 4. The maximum atomic E-state index is 11.7. The molecule has 1 rings (SSSR count). The minimum atomic E-state index is -0.256. The smallest absolute Gasteiger partial charge is 0.242 e. The third kappa shape index (κ3) is 4.61. The quantitative estimate of drug-likeness (QED) is 0.691. The van der Waals surface area contributed by atoms with E-state index in [0.29, 0.717) is 6.54 Å². The zero-order chi connectivity index (χ0) is 13.4. The number of carbonyl (C=O) groups is 1. The van der Waals surface area contributed by atoms with Gasteiger partial charge in [-0.25, -0.2) is 4.98 Å². The molecule has 5 heteroatoms. The summed E-state index contributed by atoms with van der Waals surface area (Å²) in [5.74, 6) is 0.822. The number of rotatable bonds is 7. The molecule has 18 heavy (non-hydrogen) atoms. The van der Waals surface area contributed by atoms with Crippen molar-refractivity contribution >= 4 is 17.4 Å². The topological polar surface area (TPSA) is 66.0 Å². The van der Waals surface area contributed by atoms with Crippen LogP contribution in [0.5, 0.6) is 0 Å². The van der Waals surface area contributed by atoms with Gasteiger partial charge in [-0.2, -0.15) is 0 Å². The van der Waals surface area contributed by atoms with Gasteiger partial charge in [0, 0.05) is 31.0 Å². The maximum Gasteiger partial charge on any atom is 0.242 e. The van der Waals surface area contributed by atoms with Gasteiger partial charge in [0.25, 0.3) is 0 Å². The lowest BCUT2D eigenvalue weighted by molar-refractivity contribution is -0.121. The molecule has 1 aromatic heterocycles. The van der Waals surface area contributed by atoms with Crippen molar-refractivity contribution < 1.29 is 4.79 Å². The van der Waals surface area contributed by atoms with E-state index in [1.165, 1.54) is 0 Å². The van der Waals surface area contributed by atoms with Crippen LogP contribution in [0.4, 0.5) is 11.5 Å². The van der Waals surface area contributed by atoms with Crippen LogP contribution in [0, 0.1) is 0 Å². The first-order chi connectivity index (χ1) is 8.67. The van der Waals surface area contributed by atoms with E-state index < -0.39 is 0 Å². The number of hydrogen-bond donors (Lipinski definition) is 3. The summed E-state index contributed by atoms with van der Waals surface area (Å²) in [6.07, 6.45) is 2.66. The highest BCUT2D eigenvalue weighted by atomic mass is 16.2. The monoisotopic (exact) mass is 250 g/mol. The first-order valence-corrected chi connectivity index (χ1v) is 6.41. The van der Waals surface area contributed by atoms with Gasteiger partial charge in [-0.3, -0.25) is 4.79 Å². The fourth-order valence-corrected chi connectivity index (χ4v) is 1.51. The number of nitrogens with zero attached hydrogens (tertiary/aromatic N) is 1. The van der Waals surface area contributed by atoms with Gasteiger partial charge in [0.15, 0.2) is 0 Å². The summed E-state index contributed by atoms with van der Waals surface area (Å²) in [4.78, 5) is 15.9. The van der Waals surface area contributed by atoms with Gasteiger partial charge in [0.2, 0.25) is 5.91 Å². The fraction of sp³-hybridized carbons (Fsp3) is 0.538. The molecule has 0 aliphatic carbocycles. The van der Waals surface area contributed by atoms with E-state index in [1.54, 1.807) is 6.20 Å². The molecule has 3 N–H and O–H groups in total. The second-order valence-electron chi connectivity index (χ2n) is 4.12. The lowest BCUT2D eigenvalue weighted by Crippen LogP contribution is -2.37. The van der Waals surface area contributed by atoms with Crippen molar-refractivity contribution in [1.82, 2.24) is 10.3 Å². The van der Waals surface area contributed by atoms with Crippen molar-refractivity contribution in [3.05, 3.63) is 18.3 Å². The minimum Gasteiger partial charge on any atom is -0.374 e. The summed E-state index contributed by atoms with van der Waals surface area (Å²) in [5, 5.41) is 9.15. The molecule has 5 nitrogen and oxygen atoms in total. The molecule has 0 saturated carbocycles. The van der Waals surface area contributed by atoms with Gasteiger partial charge >= 0.3 is 0 Å². The lowest BCUT2D eigenvalue weighted by atomic mass is 10.2. The summed E-state index contributed by atoms with van der Waals surface area (Å²) in [6, 6.07) is 3.49. The van der Waals surface area contributed by atoms with Crippen LogP contribution >= 0.6 is 0 Å². The van der Waals surface area contributed by atoms with E-state index in [2.05, 4.69) is 20.9 Å². The Morgan fingerprint density at radius 1 is 1.44 bits per heavy atom. The normalized spacial score (nSPS) is 11.7. The number of anilines is 2. The Balaban J connectivity index is 2.55. The van der Waals surface area contributed by atoms with Crippen LogP contribution in [0.3, 0.4) is 0 Å². The Labute approximate surface area is 108 Å². The van der Waals surface area contributed by atoms with Crippen LogP contribution in [0.2, 0.25) is 0 Å². The van der Waals surface area contributed by atoms with Crippen molar-refractivity contribution in [3.8, 4) is 0 Å². The molecule has 0 saturated heterocycles. The molecule has 100 valence electrons. The van der Waals surface area contributed by atoms with Crippen LogP contribution in [0.15, 0.2) is 18.3 Å². The van der Waals surface area contributed by atoms with Gasteiger partial charge in [-0.1, -0.05) is 6.92 Å². The Bertz CT molecular complexity index is 381. The van der Waals surface area contributed by atoms with Gasteiger partial charge in [-0.05, 0) is 26.3 Å². The van der Waals surface area contributed by atoms with Crippen molar-refractivity contribution in [1.29, 1.82) is 0 Å². The van der Waals surface area contributed by atoms with Crippen LogP contribution in [-0.2, 0) is 4.79 Å². The predicted octanol–water partition coefficient (Wildman–Crippen LogP) is 1.84. The Morgan fingerprint density at radius 2 is 2.22 bits per heavy atom. The average molecular weight is 250 g/mol. The molecule has 1 aromatic rings. The summed E-state index contributed by atoms with van der Waals surface area (Å²) < 4.78 is 0. The predicted molar refractivity (Wildman–Crippen MR) is 74.8 cm³/mol. The third-order valence-corrected chi connectivity index (χ3v) is 2.44. The van der Waals surface area contributed by atoms with Crippen LogP contribution in [-0.4, -0.2) is 30.0 Å². The van der Waals surface area contributed by atoms with E-state index in [-0.39, 0.29) is 11.9 Å². The van der Waals surface area contributed by atoms with Gasteiger partial charge < -0.3 is 16.0 Å². The van der Waals surface area contributed by atoms with Crippen LogP contribution in [0.25, 0.3) is 0 Å². The molecule has 0 aliphatic rings. The van der Waals surface area contributed by atoms with Crippen LogP contribution < -0.4 is 16.0 Å². The van der Waals surface area contributed by atoms with E-state index in [4.69, 9.17) is 0 Å². The largest absolute Gasteiger partial charge is 0.374 e. The molecule has 1 heterocycles. The van der Waals surface area contributed by atoms with E-state index in [0.717, 1.165) is 24.5 Å². The highest BCUT2D eigenvalue weighted by molar-refractivity contribution is 5.84. The van der Waals surface area contributed by atoms with E-state index >= 15 is 0 Å². The van der Waals surface area contributed by atoms with Gasteiger partial charge in [-0.15, -0.1) is 0 Å². The fourth-order valence-electron chi connectivity index (χ4n) is 1.51. The molecular formula is C13H22N4O. The summed E-state index contributed by atoms with van der Waals surface area (Å²) >= 11 is 0. The van der Waals surface area contributed by atoms with Gasteiger partial charge in [0.1, 0.15) is 11.9 Å². The first kappa shape index (κ1) is 14.3. The average Bonchev–Trinajstić information content (AvgIpc) is 2.36. The molecule has 1 atom stereocenters. The molecule has 0 spiro atoms. The molecule has 1 amide bonds. The van der Waals surface area contributed by atoms with E-state index in [1.807, 2.05) is 32.9 Å². The molecule has 0 aliphatic heterocycles. The molecule has 0 fully saturated rings. The lowest BCUT2D eigenvalue weighted by Gasteiger charge is -2.15. The summed E-state index contributed by atoms with van der Waals surface area (Å²) in [6.45, 7) is 7.43. The minimum absolute atomic E-state index is 0.0127. The number of aromatic nitrogens is 1. The highest BCUT2D eigenvalue weighted by Gasteiger charge is 2.11. The Hall–Kier alpha value is -1.78. The van der Waals surface area contributed by atoms with Gasteiger partial charge in [0.05, 0.1) is 0 Å². The second-order valence-corrected chi connectivity index (χ2v) is 4.12. The van der Waals surface area contributed by atoms with Crippen molar-refractivity contribution in [3.63, 3.8) is 0 Å². The summed E-state index contributed by atoms with van der Waals surface area (Å²) in [7, 11) is 0. The highest BCUT2D eigenvalue weighted by Crippen LogP contribution is 2.12. The number of carbonyl (C=O) groups excluding carboxylic acids is 1. The van der Waals surface area contributed by atoms with Crippen molar-refractivity contribution in [2.24, 2.45) is 0 Å². The number of nitrogens with one attached hydrogen (secondary N) is 3. The Kier molecular flexibility index (Phi) is 5.97. The van der Waals surface area contributed by atoms with E-state index in [9.17, 15) is 4.79 Å². The van der Waals surface area contributed by atoms with Crippen LogP contribution in [0.1, 0.15) is 27.2 Å². The molecule has 0 bridgehead atoms. The van der Waals surface area contributed by atoms with Crippen molar-refractivity contribution in [2.75, 3.05) is 23.7 Å². The number of amides is 1. The number of pyridine rings is 1. The SMILES string of the molecule is CCCNC(=O)C(C)Nc1ccnc(NCC)c1. The standard InChI is InChI=1S/C13H22N4O/c1-4-7-16-13(18)10(3)17-11-6-8-15-12(9-11)14-5-2/h6,8-10H,4-5,7H2,1-3H3,(H,16,18)(H2,14,15,17). The maximum absolute atomic E-state index is 11.7. The molecule has 0 radical (unpaired) electrons. The molecule has 0 aromatic carbocycles. The Morgan fingerprint density at radius 3 is 2.89 bits per heavy atom. The third-order valence-electron chi connectivity index (χ3n) is 2.44. The first-order valence-electron chi connectivity index (χ1n) is 6.41. The zero-order valence-corrected chi connectivity index (χ0v) is 11.3. The zero-order valence-electron chi connectivity index (χ0n) is 11.3. The molecular weight excluding hydrogens is 228 g/mol. The van der Waals surface area contributed by atoms with Crippen molar-refractivity contribution in [2.45, 2.75) is 33.2 Å².